The number of nitrogens with zero attached hydrogens (tertiary/aromatic N) is 5. The molecule has 1 unspecified atom stereocenters. The largest absolute Gasteiger partial charge is 0.368 e. The molecule has 2 aromatic heterocycles. The van der Waals surface area contributed by atoms with Gasteiger partial charge in [-0.05, 0) is 57.9 Å². The Labute approximate surface area is 189 Å². The smallest absolute Gasteiger partial charge is 0.251 e. The summed E-state index contributed by atoms with van der Waals surface area (Å²) in [6.45, 7) is 14.1. The SMILES string of the molecule is C/C(=C\C(=O)N1C=C(N2CCN(C(C)C)CC2)C=CC1C)c1cc(F)c2nc(C)cn2c1. The fourth-order valence-corrected chi connectivity index (χ4v) is 4.32. The first-order valence-corrected chi connectivity index (χ1v) is 11.3. The Balaban J connectivity index is 1.53. The molecule has 2 aromatic rings. The van der Waals surface area contributed by atoms with Crippen LogP contribution >= 0.6 is 0 Å². The van der Waals surface area contributed by atoms with Gasteiger partial charge in [-0.2, -0.15) is 0 Å². The van der Waals surface area contributed by atoms with Crippen molar-refractivity contribution in [1.82, 2.24) is 24.1 Å². The van der Waals surface area contributed by atoms with Crippen molar-refractivity contribution < 1.29 is 9.18 Å². The number of piperazine rings is 1. The molecule has 0 aliphatic carbocycles. The van der Waals surface area contributed by atoms with Gasteiger partial charge in [0.1, 0.15) is 0 Å². The van der Waals surface area contributed by atoms with E-state index in [-0.39, 0.29) is 11.9 Å². The van der Waals surface area contributed by atoms with Crippen LogP contribution in [0.5, 0.6) is 0 Å². The molecule has 1 amide bonds. The van der Waals surface area contributed by atoms with Crippen molar-refractivity contribution in [2.75, 3.05) is 26.2 Å². The molecule has 0 radical (unpaired) electrons. The molecule has 2 aliphatic rings. The summed E-state index contributed by atoms with van der Waals surface area (Å²) in [6.07, 6.45) is 11.3. The van der Waals surface area contributed by atoms with E-state index in [1.807, 2.05) is 33.2 Å². The lowest BCUT2D eigenvalue weighted by atomic mass is 10.1. The Morgan fingerprint density at radius 3 is 2.62 bits per heavy atom. The molecular weight excluding hydrogens is 405 g/mol. The van der Waals surface area contributed by atoms with Gasteiger partial charge in [0.2, 0.25) is 0 Å². The van der Waals surface area contributed by atoms with Crippen LogP contribution in [0.2, 0.25) is 0 Å². The molecular formula is C25H32FN5O. The third-order valence-electron chi connectivity index (χ3n) is 6.34. The molecule has 1 atom stereocenters. The monoisotopic (exact) mass is 437 g/mol. The zero-order chi connectivity index (χ0) is 23.0. The Bertz CT molecular complexity index is 1100. The van der Waals surface area contributed by atoms with E-state index in [2.05, 4.69) is 40.8 Å². The predicted molar refractivity (Wildman–Crippen MR) is 125 cm³/mol. The van der Waals surface area contributed by atoms with Crippen LogP contribution in [0, 0.1) is 12.7 Å². The molecule has 0 N–H and O–H groups in total. The van der Waals surface area contributed by atoms with Crippen LogP contribution in [0.3, 0.4) is 0 Å². The second-order valence-corrected chi connectivity index (χ2v) is 9.03. The van der Waals surface area contributed by atoms with Gasteiger partial charge in [-0.1, -0.05) is 6.08 Å². The second kappa shape index (κ2) is 8.90. The van der Waals surface area contributed by atoms with E-state index < -0.39 is 5.82 Å². The van der Waals surface area contributed by atoms with E-state index in [4.69, 9.17) is 0 Å². The second-order valence-electron chi connectivity index (χ2n) is 9.03. The first kappa shape index (κ1) is 22.3. The fraction of sp³-hybridized carbons (Fsp3) is 0.440. The number of pyridine rings is 1. The highest BCUT2D eigenvalue weighted by Gasteiger charge is 2.24. The molecule has 0 spiro atoms. The Hall–Kier alpha value is -2.93. The van der Waals surface area contributed by atoms with Crippen molar-refractivity contribution in [2.45, 2.75) is 46.7 Å². The normalized spacial score (nSPS) is 20.4. The van der Waals surface area contributed by atoms with E-state index >= 15 is 0 Å². The standard InChI is InChI=1S/C25H32FN5O/c1-17(2)28-8-10-29(11-9-28)22-7-6-20(5)31(16-22)24(32)12-18(3)21-13-23(26)25-27-19(4)14-30(25)15-21/h6-7,12-17,20H,8-11H2,1-5H3/b18-12+. The topological polar surface area (TPSA) is 44.1 Å². The maximum Gasteiger partial charge on any atom is 0.251 e. The highest BCUT2D eigenvalue weighted by Crippen LogP contribution is 2.22. The van der Waals surface area contributed by atoms with E-state index in [9.17, 15) is 9.18 Å². The van der Waals surface area contributed by atoms with Crippen molar-refractivity contribution in [3.8, 4) is 0 Å². The van der Waals surface area contributed by atoms with Gasteiger partial charge in [0.25, 0.3) is 5.91 Å². The first-order valence-electron chi connectivity index (χ1n) is 11.3. The summed E-state index contributed by atoms with van der Waals surface area (Å²) in [4.78, 5) is 23.9. The molecule has 32 heavy (non-hydrogen) atoms. The van der Waals surface area contributed by atoms with Gasteiger partial charge in [-0.25, -0.2) is 9.37 Å². The summed E-state index contributed by atoms with van der Waals surface area (Å²) >= 11 is 0. The van der Waals surface area contributed by atoms with Crippen LogP contribution in [0.4, 0.5) is 4.39 Å². The maximum absolute atomic E-state index is 14.5. The van der Waals surface area contributed by atoms with Gasteiger partial charge in [-0.3, -0.25) is 9.69 Å². The minimum atomic E-state index is -0.396. The van der Waals surface area contributed by atoms with Gasteiger partial charge < -0.3 is 14.2 Å². The zero-order valence-electron chi connectivity index (χ0n) is 19.5. The summed E-state index contributed by atoms with van der Waals surface area (Å²) in [5.74, 6) is -0.507. The number of fused-ring (bicyclic) bond motifs is 1. The lowest BCUT2D eigenvalue weighted by molar-refractivity contribution is -0.124. The molecule has 170 valence electrons. The minimum Gasteiger partial charge on any atom is -0.368 e. The van der Waals surface area contributed by atoms with E-state index in [0.29, 0.717) is 22.8 Å². The highest BCUT2D eigenvalue weighted by atomic mass is 19.1. The third kappa shape index (κ3) is 4.48. The van der Waals surface area contributed by atoms with Crippen molar-refractivity contribution in [2.24, 2.45) is 0 Å². The molecule has 0 saturated carbocycles. The molecule has 0 bridgehead atoms. The number of rotatable bonds is 4. The van der Waals surface area contributed by atoms with E-state index in [0.717, 1.165) is 37.6 Å². The number of amides is 1. The number of hydrogen-bond donors (Lipinski definition) is 0. The summed E-state index contributed by atoms with van der Waals surface area (Å²) in [6, 6.07) is 1.95. The summed E-state index contributed by atoms with van der Waals surface area (Å²) in [5, 5.41) is 0. The number of carbonyl (C=O) groups excluding carboxylic acids is 1. The van der Waals surface area contributed by atoms with Gasteiger partial charge in [0.15, 0.2) is 11.5 Å². The average molecular weight is 438 g/mol. The van der Waals surface area contributed by atoms with E-state index in [1.165, 1.54) is 6.07 Å². The number of halogens is 1. The molecule has 6 nitrogen and oxygen atoms in total. The first-order chi connectivity index (χ1) is 15.2. The average Bonchev–Trinajstić information content (AvgIpc) is 3.15. The van der Waals surface area contributed by atoms with Gasteiger partial charge in [0, 0.05) is 56.9 Å². The number of imidazole rings is 1. The number of hydrogen-bond acceptors (Lipinski definition) is 4. The fourth-order valence-electron chi connectivity index (χ4n) is 4.32. The van der Waals surface area contributed by atoms with Crippen molar-refractivity contribution in [3.05, 3.63) is 65.7 Å². The summed E-state index contributed by atoms with van der Waals surface area (Å²) < 4.78 is 16.1. The van der Waals surface area contributed by atoms with E-state index in [1.54, 1.807) is 21.6 Å². The molecule has 2 aliphatic heterocycles. The number of allylic oxidation sites excluding steroid dienone is 2. The Kier molecular flexibility index (Phi) is 6.20. The number of carbonyl (C=O) groups is 1. The van der Waals surface area contributed by atoms with Gasteiger partial charge in [-0.15, -0.1) is 0 Å². The Morgan fingerprint density at radius 2 is 1.94 bits per heavy atom. The lowest BCUT2D eigenvalue weighted by Crippen LogP contribution is -2.49. The number of aryl methyl sites for hydroxylation is 1. The molecule has 1 fully saturated rings. The minimum absolute atomic E-state index is 0.0391. The number of aromatic nitrogens is 2. The zero-order valence-corrected chi connectivity index (χ0v) is 19.5. The molecule has 7 heteroatoms. The van der Waals surface area contributed by atoms with Crippen LogP contribution in [0.1, 0.15) is 39.0 Å². The summed E-state index contributed by atoms with van der Waals surface area (Å²) in [7, 11) is 0. The molecule has 1 saturated heterocycles. The molecule has 4 rings (SSSR count). The van der Waals surface area contributed by atoms with Crippen LogP contribution in [-0.2, 0) is 4.79 Å². The van der Waals surface area contributed by atoms with Crippen molar-refractivity contribution in [1.29, 1.82) is 0 Å². The van der Waals surface area contributed by atoms with Crippen LogP contribution in [0.15, 0.2) is 48.6 Å². The predicted octanol–water partition coefficient (Wildman–Crippen LogP) is 3.84. The van der Waals surface area contributed by atoms with Crippen molar-refractivity contribution >= 4 is 17.1 Å². The van der Waals surface area contributed by atoms with Crippen molar-refractivity contribution in [3.63, 3.8) is 0 Å². The molecule has 0 aromatic carbocycles. The van der Waals surface area contributed by atoms with Crippen LogP contribution < -0.4 is 0 Å². The summed E-state index contributed by atoms with van der Waals surface area (Å²) in [5.41, 5.74) is 3.48. The maximum atomic E-state index is 14.5. The third-order valence-corrected chi connectivity index (χ3v) is 6.34. The van der Waals surface area contributed by atoms with Gasteiger partial charge >= 0.3 is 0 Å². The van der Waals surface area contributed by atoms with Crippen LogP contribution in [-0.4, -0.2) is 68.3 Å². The van der Waals surface area contributed by atoms with Gasteiger partial charge in [0.05, 0.1) is 17.4 Å². The Morgan fingerprint density at radius 1 is 1.22 bits per heavy atom. The highest BCUT2D eigenvalue weighted by molar-refractivity contribution is 5.96. The quantitative estimate of drug-likeness (QED) is 0.682. The molecule has 4 heterocycles. The lowest BCUT2D eigenvalue weighted by Gasteiger charge is -2.40. The van der Waals surface area contributed by atoms with Crippen LogP contribution in [0.25, 0.3) is 11.2 Å².